The van der Waals surface area contributed by atoms with Crippen molar-refractivity contribution in [2.24, 2.45) is 0 Å². The van der Waals surface area contributed by atoms with E-state index in [2.05, 4.69) is 86.6 Å². The maximum Gasteiger partial charge on any atom is 0.0165 e. The van der Waals surface area contributed by atoms with E-state index in [1.54, 1.807) is 0 Å². The Morgan fingerprint density at radius 3 is 1.72 bits per heavy atom. The number of fused-ring (bicyclic) bond motifs is 3. The molecule has 0 saturated carbocycles. The Morgan fingerprint density at radius 1 is 0.520 bits per heavy atom. The molecule has 0 unspecified atom stereocenters. The van der Waals surface area contributed by atoms with Gasteiger partial charge in [-0.05, 0) is 33.4 Å². The number of hydrogen-bond donors (Lipinski definition) is 0. The van der Waals surface area contributed by atoms with E-state index in [-0.39, 0.29) is 5.41 Å². The molecule has 1 aliphatic rings. The average molecular weight is 331 g/mol. The molecule has 1 aliphatic carbocycles. The molecule has 0 saturated heterocycles. The highest BCUT2D eigenvalue weighted by Gasteiger charge is 2.36. The lowest BCUT2D eigenvalue weighted by Crippen LogP contribution is -2.16. The summed E-state index contributed by atoms with van der Waals surface area (Å²) >= 11 is 0. The Bertz CT molecular complexity index is 810. The van der Waals surface area contributed by atoms with Crippen molar-refractivity contribution in [3.8, 4) is 22.3 Å². The Labute approximate surface area is 153 Å². The van der Waals surface area contributed by atoms with Crippen LogP contribution in [-0.4, -0.2) is 0 Å². The molecule has 0 amide bonds. The molecule has 0 aromatic heterocycles. The molecule has 0 N–H and O–H groups in total. The van der Waals surface area contributed by atoms with Crippen molar-refractivity contribution in [2.45, 2.75) is 47.0 Å². The first-order valence-electron chi connectivity index (χ1n) is 9.48. The van der Waals surface area contributed by atoms with Crippen LogP contribution < -0.4 is 0 Å². The SMILES string of the molecule is CC.CC.CC1(C)c2ccccc2-c2cccc(-c3ccccc3)c21. The quantitative estimate of drug-likeness (QED) is 0.428. The Kier molecular flexibility index (Phi) is 6.20. The van der Waals surface area contributed by atoms with E-state index in [4.69, 9.17) is 0 Å². The van der Waals surface area contributed by atoms with Crippen LogP contribution in [0.1, 0.15) is 52.7 Å². The van der Waals surface area contributed by atoms with Crippen LogP contribution in [0.25, 0.3) is 22.3 Å². The van der Waals surface area contributed by atoms with Gasteiger partial charge in [-0.15, -0.1) is 0 Å². The van der Waals surface area contributed by atoms with Gasteiger partial charge in [0.25, 0.3) is 0 Å². The minimum atomic E-state index is 0.0539. The van der Waals surface area contributed by atoms with Gasteiger partial charge in [0.2, 0.25) is 0 Å². The van der Waals surface area contributed by atoms with E-state index in [9.17, 15) is 0 Å². The predicted octanol–water partition coefficient (Wildman–Crippen LogP) is 7.71. The second kappa shape index (κ2) is 8.16. The molecule has 130 valence electrons. The first-order chi connectivity index (χ1) is 12.2. The van der Waals surface area contributed by atoms with Crippen molar-refractivity contribution in [2.75, 3.05) is 0 Å². The molecule has 0 spiro atoms. The van der Waals surface area contributed by atoms with Crippen molar-refractivity contribution < 1.29 is 0 Å². The second-order valence-corrected chi connectivity index (χ2v) is 6.26. The summed E-state index contributed by atoms with van der Waals surface area (Å²) in [6, 6.07) is 26.2. The first kappa shape index (κ1) is 19.0. The summed E-state index contributed by atoms with van der Waals surface area (Å²) in [5.74, 6) is 0. The first-order valence-corrected chi connectivity index (χ1v) is 9.48. The third-order valence-electron chi connectivity index (χ3n) is 4.66. The van der Waals surface area contributed by atoms with Gasteiger partial charge >= 0.3 is 0 Å². The van der Waals surface area contributed by atoms with E-state index in [0.717, 1.165) is 0 Å². The maximum atomic E-state index is 2.34. The lowest BCUT2D eigenvalue weighted by atomic mass is 9.79. The van der Waals surface area contributed by atoms with Crippen LogP contribution in [0.15, 0.2) is 72.8 Å². The monoisotopic (exact) mass is 330 g/mol. The molecule has 0 atom stereocenters. The Hall–Kier alpha value is -2.34. The topological polar surface area (TPSA) is 0 Å². The van der Waals surface area contributed by atoms with E-state index < -0.39 is 0 Å². The van der Waals surface area contributed by atoms with E-state index >= 15 is 0 Å². The van der Waals surface area contributed by atoms with Gasteiger partial charge < -0.3 is 0 Å². The summed E-state index contributed by atoms with van der Waals surface area (Å²) < 4.78 is 0. The van der Waals surface area contributed by atoms with Crippen LogP contribution >= 0.6 is 0 Å². The summed E-state index contributed by atoms with van der Waals surface area (Å²) in [5.41, 5.74) is 8.37. The molecular weight excluding hydrogens is 300 g/mol. The maximum absolute atomic E-state index is 2.34. The highest BCUT2D eigenvalue weighted by Crippen LogP contribution is 2.51. The van der Waals surface area contributed by atoms with E-state index in [1.807, 2.05) is 27.7 Å². The van der Waals surface area contributed by atoms with Crippen LogP contribution in [0.2, 0.25) is 0 Å². The van der Waals surface area contributed by atoms with E-state index in [1.165, 1.54) is 33.4 Å². The number of hydrogen-bond acceptors (Lipinski definition) is 0. The zero-order valence-corrected chi connectivity index (χ0v) is 16.4. The van der Waals surface area contributed by atoms with Gasteiger partial charge in [-0.1, -0.05) is 114 Å². The minimum Gasteiger partial charge on any atom is -0.0683 e. The van der Waals surface area contributed by atoms with Gasteiger partial charge in [0.15, 0.2) is 0 Å². The second-order valence-electron chi connectivity index (χ2n) is 6.26. The molecule has 0 radical (unpaired) electrons. The largest absolute Gasteiger partial charge is 0.0683 e. The third kappa shape index (κ3) is 3.26. The smallest absolute Gasteiger partial charge is 0.0165 e. The van der Waals surface area contributed by atoms with Crippen molar-refractivity contribution in [3.05, 3.63) is 83.9 Å². The van der Waals surface area contributed by atoms with Crippen LogP contribution in [0.5, 0.6) is 0 Å². The lowest BCUT2D eigenvalue weighted by Gasteiger charge is -2.24. The molecular formula is C25H30. The zero-order chi connectivity index (χ0) is 18.4. The van der Waals surface area contributed by atoms with Gasteiger partial charge in [-0.25, -0.2) is 0 Å². The molecule has 0 bridgehead atoms. The molecule has 3 aromatic rings. The van der Waals surface area contributed by atoms with Crippen LogP contribution in [0, 0.1) is 0 Å². The standard InChI is InChI=1S/C21H18.2C2H6/c1-21(2)19-14-7-6-11-17(19)18-13-8-12-16(20(18)21)15-9-4-3-5-10-15;2*1-2/h3-14H,1-2H3;2*1-2H3. The lowest BCUT2D eigenvalue weighted by molar-refractivity contribution is 0.662. The van der Waals surface area contributed by atoms with Gasteiger partial charge in [-0.3, -0.25) is 0 Å². The summed E-state index contributed by atoms with van der Waals surface area (Å²) in [4.78, 5) is 0. The fourth-order valence-electron chi connectivity index (χ4n) is 3.71. The molecule has 0 heterocycles. The van der Waals surface area contributed by atoms with Crippen molar-refractivity contribution in [1.29, 1.82) is 0 Å². The van der Waals surface area contributed by atoms with E-state index in [0.29, 0.717) is 0 Å². The highest BCUT2D eigenvalue weighted by atomic mass is 14.4. The summed E-state index contributed by atoms with van der Waals surface area (Å²) in [6.07, 6.45) is 0. The summed E-state index contributed by atoms with van der Waals surface area (Å²) in [5, 5.41) is 0. The van der Waals surface area contributed by atoms with Crippen molar-refractivity contribution in [3.63, 3.8) is 0 Å². The normalized spacial score (nSPS) is 12.7. The molecule has 0 nitrogen and oxygen atoms in total. The Balaban J connectivity index is 0.000000528. The number of benzene rings is 3. The Morgan fingerprint density at radius 2 is 1.04 bits per heavy atom. The molecule has 0 heteroatoms. The summed E-state index contributed by atoms with van der Waals surface area (Å²) in [6.45, 7) is 12.7. The molecule has 25 heavy (non-hydrogen) atoms. The zero-order valence-electron chi connectivity index (χ0n) is 16.4. The van der Waals surface area contributed by atoms with Gasteiger partial charge in [0.05, 0.1) is 0 Å². The molecule has 0 aliphatic heterocycles. The van der Waals surface area contributed by atoms with Crippen molar-refractivity contribution >= 4 is 0 Å². The van der Waals surface area contributed by atoms with Crippen LogP contribution in [0.3, 0.4) is 0 Å². The fraction of sp³-hybridized carbons (Fsp3) is 0.280. The van der Waals surface area contributed by atoms with Crippen LogP contribution in [-0.2, 0) is 5.41 Å². The summed E-state index contributed by atoms with van der Waals surface area (Å²) in [7, 11) is 0. The average Bonchev–Trinajstić information content (AvgIpc) is 2.94. The van der Waals surface area contributed by atoms with Gasteiger partial charge in [0, 0.05) is 5.41 Å². The van der Waals surface area contributed by atoms with Crippen molar-refractivity contribution in [1.82, 2.24) is 0 Å². The molecule has 0 fully saturated rings. The minimum absolute atomic E-state index is 0.0539. The van der Waals surface area contributed by atoms with Gasteiger partial charge in [0.1, 0.15) is 0 Å². The third-order valence-corrected chi connectivity index (χ3v) is 4.66. The fourth-order valence-corrected chi connectivity index (χ4v) is 3.71. The predicted molar refractivity (Wildman–Crippen MR) is 112 cm³/mol. The molecule has 3 aromatic carbocycles. The highest BCUT2D eigenvalue weighted by molar-refractivity contribution is 5.87. The van der Waals surface area contributed by atoms with Gasteiger partial charge in [-0.2, -0.15) is 0 Å². The number of rotatable bonds is 1. The van der Waals surface area contributed by atoms with Crippen LogP contribution in [0.4, 0.5) is 0 Å². The molecule has 4 rings (SSSR count).